The van der Waals surface area contributed by atoms with Crippen LogP contribution < -0.4 is 19.7 Å². The fourth-order valence-corrected chi connectivity index (χ4v) is 3.46. The Hall–Kier alpha value is -3.26. The number of likely N-dealkylation sites (N-methyl/N-ethyl adjacent to an activating group) is 1. The van der Waals surface area contributed by atoms with Crippen molar-refractivity contribution in [1.29, 1.82) is 0 Å². The van der Waals surface area contributed by atoms with Crippen molar-refractivity contribution in [2.75, 3.05) is 64.8 Å². The lowest BCUT2D eigenvalue weighted by Gasteiger charge is -2.35. The fraction of sp³-hybridized carbons (Fsp3) is 0.364. The Balaban J connectivity index is 1.99. The molecule has 1 amide bonds. The van der Waals surface area contributed by atoms with Gasteiger partial charge < -0.3 is 29.3 Å². The summed E-state index contributed by atoms with van der Waals surface area (Å²) in [5, 5.41) is 2.94. The van der Waals surface area contributed by atoms with Crippen LogP contribution in [-0.2, 0) is 4.74 Å². The summed E-state index contributed by atoms with van der Waals surface area (Å²) in [5.74, 6) is -0.0544. The Morgan fingerprint density at radius 3 is 2.13 bits per heavy atom. The van der Waals surface area contributed by atoms with Gasteiger partial charge in [0.05, 0.1) is 38.3 Å². The number of hydrogen-bond acceptors (Lipinski definition) is 7. The van der Waals surface area contributed by atoms with Gasteiger partial charge in [-0.2, -0.15) is 0 Å². The number of benzene rings is 2. The number of hydrogen-bond donors (Lipinski definition) is 1. The van der Waals surface area contributed by atoms with Crippen LogP contribution in [0.4, 0.5) is 11.4 Å². The number of ether oxygens (including phenoxy) is 3. The van der Waals surface area contributed by atoms with Crippen molar-refractivity contribution in [3.05, 3.63) is 47.5 Å². The number of carbonyl (C=O) groups excluding carboxylic acids is 2. The number of piperazine rings is 1. The SMILES string of the molecule is COC(=O)c1ccc(N2CCN(C)CC2)c(NC(=O)c2c(OC)cccc2OC)c1. The number of esters is 1. The molecule has 30 heavy (non-hydrogen) atoms. The van der Waals surface area contributed by atoms with Crippen molar-refractivity contribution in [3.8, 4) is 11.5 Å². The fourth-order valence-electron chi connectivity index (χ4n) is 3.46. The van der Waals surface area contributed by atoms with Gasteiger partial charge in [0.15, 0.2) is 0 Å². The number of nitrogens with one attached hydrogen (secondary N) is 1. The molecule has 0 radical (unpaired) electrons. The molecule has 8 heteroatoms. The van der Waals surface area contributed by atoms with Crippen molar-refractivity contribution in [2.24, 2.45) is 0 Å². The number of carbonyl (C=O) groups is 2. The predicted molar refractivity (Wildman–Crippen MR) is 115 cm³/mol. The molecular formula is C22H27N3O5. The maximum atomic E-state index is 13.2. The molecule has 0 atom stereocenters. The van der Waals surface area contributed by atoms with Gasteiger partial charge in [-0.15, -0.1) is 0 Å². The minimum Gasteiger partial charge on any atom is -0.496 e. The molecule has 0 spiro atoms. The summed E-state index contributed by atoms with van der Waals surface area (Å²) < 4.78 is 15.5. The first-order valence-corrected chi connectivity index (χ1v) is 9.66. The lowest BCUT2D eigenvalue weighted by molar-refractivity contribution is 0.0600. The molecule has 1 fully saturated rings. The van der Waals surface area contributed by atoms with E-state index in [9.17, 15) is 9.59 Å². The molecular weight excluding hydrogens is 386 g/mol. The Kier molecular flexibility index (Phi) is 6.79. The van der Waals surface area contributed by atoms with Crippen LogP contribution in [0.5, 0.6) is 11.5 Å². The quantitative estimate of drug-likeness (QED) is 0.729. The summed E-state index contributed by atoms with van der Waals surface area (Å²) in [6, 6.07) is 10.3. The van der Waals surface area contributed by atoms with Gasteiger partial charge in [-0.05, 0) is 37.4 Å². The monoisotopic (exact) mass is 413 g/mol. The summed E-state index contributed by atoms with van der Waals surface area (Å²) in [4.78, 5) is 29.7. The van der Waals surface area contributed by atoms with E-state index in [4.69, 9.17) is 14.2 Å². The van der Waals surface area contributed by atoms with Crippen molar-refractivity contribution in [1.82, 2.24) is 4.90 Å². The first-order chi connectivity index (χ1) is 14.5. The average molecular weight is 413 g/mol. The minimum absolute atomic E-state index is 0.287. The van der Waals surface area contributed by atoms with Crippen molar-refractivity contribution in [3.63, 3.8) is 0 Å². The zero-order valence-electron chi connectivity index (χ0n) is 17.7. The summed E-state index contributed by atoms with van der Waals surface area (Å²) in [5.41, 5.74) is 2.02. The highest BCUT2D eigenvalue weighted by Gasteiger charge is 2.23. The summed E-state index contributed by atoms with van der Waals surface area (Å²) in [6.07, 6.45) is 0. The van der Waals surface area contributed by atoms with E-state index in [0.717, 1.165) is 31.9 Å². The van der Waals surface area contributed by atoms with Gasteiger partial charge in [0.1, 0.15) is 17.1 Å². The Labute approximate surface area is 176 Å². The second kappa shape index (κ2) is 9.49. The van der Waals surface area contributed by atoms with E-state index in [2.05, 4.69) is 22.2 Å². The van der Waals surface area contributed by atoms with Gasteiger partial charge in [-0.1, -0.05) is 6.07 Å². The van der Waals surface area contributed by atoms with Gasteiger partial charge in [0.2, 0.25) is 0 Å². The molecule has 1 aliphatic heterocycles. The maximum absolute atomic E-state index is 13.2. The van der Waals surface area contributed by atoms with Crippen LogP contribution in [0.15, 0.2) is 36.4 Å². The largest absolute Gasteiger partial charge is 0.496 e. The van der Waals surface area contributed by atoms with Crippen LogP contribution in [0, 0.1) is 0 Å². The summed E-state index contributed by atoms with van der Waals surface area (Å²) in [6.45, 7) is 3.45. The van der Waals surface area contributed by atoms with Gasteiger partial charge in [0.25, 0.3) is 5.91 Å². The van der Waals surface area contributed by atoms with Crippen LogP contribution in [0.1, 0.15) is 20.7 Å². The average Bonchev–Trinajstić information content (AvgIpc) is 2.78. The second-order valence-electron chi connectivity index (χ2n) is 7.01. The third-order valence-corrected chi connectivity index (χ3v) is 5.16. The Bertz CT molecular complexity index is 901. The zero-order valence-corrected chi connectivity index (χ0v) is 17.7. The molecule has 8 nitrogen and oxygen atoms in total. The molecule has 1 saturated heterocycles. The number of amides is 1. The molecule has 2 aromatic rings. The molecule has 160 valence electrons. The van der Waals surface area contributed by atoms with E-state index < -0.39 is 5.97 Å². The minimum atomic E-state index is -0.467. The van der Waals surface area contributed by atoms with Crippen LogP contribution in [0.2, 0.25) is 0 Å². The van der Waals surface area contributed by atoms with E-state index in [-0.39, 0.29) is 11.5 Å². The van der Waals surface area contributed by atoms with Crippen LogP contribution in [0.25, 0.3) is 0 Å². The van der Waals surface area contributed by atoms with E-state index in [1.54, 1.807) is 30.3 Å². The first-order valence-electron chi connectivity index (χ1n) is 9.66. The lowest BCUT2D eigenvalue weighted by Crippen LogP contribution is -2.44. The first kappa shape index (κ1) is 21.4. The molecule has 2 aromatic carbocycles. The van der Waals surface area contributed by atoms with Crippen LogP contribution in [0.3, 0.4) is 0 Å². The number of methoxy groups -OCH3 is 3. The third kappa shape index (κ3) is 4.49. The Morgan fingerprint density at radius 1 is 0.933 bits per heavy atom. The normalized spacial score (nSPS) is 14.2. The third-order valence-electron chi connectivity index (χ3n) is 5.16. The zero-order chi connectivity index (χ0) is 21.7. The Morgan fingerprint density at radius 2 is 1.57 bits per heavy atom. The molecule has 1 heterocycles. The smallest absolute Gasteiger partial charge is 0.337 e. The summed E-state index contributed by atoms with van der Waals surface area (Å²) >= 11 is 0. The van der Waals surface area contributed by atoms with E-state index in [0.29, 0.717) is 22.7 Å². The molecule has 0 unspecified atom stereocenters. The second-order valence-corrected chi connectivity index (χ2v) is 7.01. The number of rotatable bonds is 6. The molecule has 0 bridgehead atoms. The van der Waals surface area contributed by atoms with E-state index in [1.807, 2.05) is 6.07 Å². The molecule has 0 aliphatic carbocycles. The molecule has 1 N–H and O–H groups in total. The highest BCUT2D eigenvalue weighted by Crippen LogP contribution is 2.32. The van der Waals surface area contributed by atoms with Crippen molar-refractivity contribution in [2.45, 2.75) is 0 Å². The van der Waals surface area contributed by atoms with E-state index in [1.165, 1.54) is 21.3 Å². The standard InChI is InChI=1S/C22H27N3O5/c1-24-10-12-25(13-11-24)17-9-8-15(22(27)30-4)14-16(17)23-21(26)20-18(28-2)6-5-7-19(20)29-3/h5-9,14H,10-13H2,1-4H3,(H,23,26). The number of nitrogens with zero attached hydrogens (tertiary/aromatic N) is 2. The topological polar surface area (TPSA) is 80.3 Å². The number of anilines is 2. The molecule has 0 aromatic heterocycles. The van der Waals surface area contributed by atoms with Crippen LogP contribution >= 0.6 is 0 Å². The van der Waals surface area contributed by atoms with Gasteiger partial charge in [-0.25, -0.2) is 4.79 Å². The lowest BCUT2D eigenvalue weighted by atomic mass is 10.1. The molecule has 0 saturated carbocycles. The van der Waals surface area contributed by atoms with Gasteiger partial charge in [-0.3, -0.25) is 4.79 Å². The summed E-state index contributed by atoms with van der Waals surface area (Å²) in [7, 11) is 6.40. The van der Waals surface area contributed by atoms with Gasteiger partial charge >= 0.3 is 5.97 Å². The van der Waals surface area contributed by atoms with Gasteiger partial charge in [0, 0.05) is 26.2 Å². The highest BCUT2D eigenvalue weighted by atomic mass is 16.5. The highest BCUT2D eigenvalue weighted by molar-refractivity contribution is 6.10. The molecule has 1 aliphatic rings. The van der Waals surface area contributed by atoms with Crippen molar-refractivity contribution >= 4 is 23.3 Å². The van der Waals surface area contributed by atoms with E-state index >= 15 is 0 Å². The molecule has 3 rings (SSSR count). The van der Waals surface area contributed by atoms with Crippen molar-refractivity contribution < 1.29 is 23.8 Å². The predicted octanol–water partition coefficient (Wildman–Crippen LogP) is 2.49. The maximum Gasteiger partial charge on any atom is 0.337 e. The van der Waals surface area contributed by atoms with Crippen LogP contribution in [-0.4, -0.2) is 71.3 Å².